The highest BCUT2D eigenvalue weighted by molar-refractivity contribution is 5.55. The first-order chi connectivity index (χ1) is 7.24. The van der Waals surface area contributed by atoms with Gasteiger partial charge >= 0.3 is 0 Å². The summed E-state index contributed by atoms with van der Waals surface area (Å²) in [5.41, 5.74) is 3.19. The number of anilines is 2. The van der Waals surface area contributed by atoms with E-state index < -0.39 is 0 Å². The normalized spacial score (nSPS) is 10.0. The van der Waals surface area contributed by atoms with E-state index in [9.17, 15) is 0 Å². The molecule has 0 saturated carbocycles. The minimum atomic E-state index is 0.768. The van der Waals surface area contributed by atoms with E-state index in [1.54, 1.807) is 0 Å². The molecule has 0 aliphatic heterocycles. The molecule has 0 saturated heterocycles. The standard InChI is InChI=1S/C12H13N3/c1-9-3-6-11(7-4-9)13-12-8-5-10(2)14-15-12/h3-8H,1-2H3,(H,13,15). The third kappa shape index (κ3) is 2.53. The number of rotatable bonds is 2. The van der Waals surface area contributed by atoms with Crippen LogP contribution in [0.25, 0.3) is 0 Å². The smallest absolute Gasteiger partial charge is 0.153 e. The second-order valence-corrected chi connectivity index (χ2v) is 3.55. The lowest BCUT2D eigenvalue weighted by molar-refractivity contribution is 0.986. The monoisotopic (exact) mass is 199 g/mol. The molecule has 2 rings (SSSR count). The highest BCUT2D eigenvalue weighted by Crippen LogP contribution is 2.14. The number of aromatic nitrogens is 2. The van der Waals surface area contributed by atoms with Crippen LogP contribution < -0.4 is 5.32 Å². The molecule has 0 aliphatic rings. The molecule has 0 atom stereocenters. The zero-order chi connectivity index (χ0) is 10.7. The van der Waals surface area contributed by atoms with Crippen LogP contribution in [0, 0.1) is 13.8 Å². The zero-order valence-electron chi connectivity index (χ0n) is 8.86. The van der Waals surface area contributed by atoms with Crippen molar-refractivity contribution in [3.05, 3.63) is 47.7 Å². The van der Waals surface area contributed by atoms with Crippen LogP contribution in [0.5, 0.6) is 0 Å². The van der Waals surface area contributed by atoms with Crippen molar-refractivity contribution in [3.63, 3.8) is 0 Å². The van der Waals surface area contributed by atoms with Gasteiger partial charge in [-0.1, -0.05) is 17.7 Å². The van der Waals surface area contributed by atoms with Crippen molar-refractivity contribution in [3.8, 4) is 0 Å². The van der Waals surface area contributed by atoms with Gasteiger partial charge in [0.15, 0.2) is 5.82 Å². The second kappa shape index (κ2) is 4.09. The van der Waals surface area contributed by atoms with Crippen molar-refractivity contribution in [2.24, 2.45) is 0 Å². The molecule has 15 heavy (non-hydrogen) atoms. The molecule has 0 unspecified atom stereocenters. The SMILES string of the molecule is Cc1ccc(Nc2ccc(C)nn2)cc1. The van der Waals surface area contributed by atoms with Crippen molar-refractivity contribution in [2.75, 3.05) is 5.32 Å². The van der Waals surface area contributed by atoms with Gasteiger partial charge < -0.3 is 5.32 Å². The summed E-state index contributed by atoms with van der Waals surface area (Å²) in [6.45, 7) is 3.98. The molecular formula is C12H13N3. The summed E-state index contributed by atoms with van der Waals surface area (Å²) in [7, 11) is 0. The van der Waals surface area contributed by atoms with Crippen LogP contribution in [0.15, 0.2) is 36.4 Å². The Hall–Kier alpha value is -1.90. The molecule has 0 spiro atoms. The van der Waals surface area contributed by atoms with Crippen molar-refractivity contribution >= 4 is 11.5 Å². The maximum absolute atomic E-state index is 4.03. The van der Waals surface area contributed by atoms with Crippen LogP contribution in [0.4, 0.5) is 11.5 Å². The van der Waals surface area contributed by atoms with E-state index in [4.69, 9.17) is 0 Å². The maximum atomic E-state index is 4.03. The van der Waals surface area contributed by atoms with Crippen LogP contribution in [0.3, 0.4) is 0 Å². The van der Waals surface area contributed by atoms with Crippen molar-refractivity contribution < 1.29 is 0 Å². The van der Waals surface area contributed by atoms with Gasteiger partial charge in [-0.25, -0.2) is 0 Å². The maximum Gasteiger partial charge on any atom is 0.153 e. The van der Waals surface area contributed by atoms with E-state index in [1.807, 2.05) is 31.2 Å². The van der Waals surface area contributed by atoms with Gasteiger partial charge in [0, 0.05) is 5.69 Å². The summed E-state index contributed by atoms with van der Waals surface area (Å²) in [4.78, 5) is 0. The van der Waals surface area contributed by atoms with Crippen LogP contribution in [0.2, 0.25) is 0 Å². The average molecular weight is 199 g/mol. The Labute approximate surface area is 89.2 Å². The molecular weight excluding hydrogens is 186 g/mol. The molecule has 1 N–H and O–H groups in total. The molecule has 1 heterocycles. The van der Waals surface area contributed by atoms with Crippen molar-refractivity contribution in [1.29, 1.82) is 0 Å². The number of hydrogen-bond donors (Lipinski definition) is 1. The van der Waals surface area contributed by atoms with E-state index in [0.717, 1.165) is 17.2 Å². The predicted octanol–water partition coefficient (Wildman–Crippen LogP) is 2.84. The lowest BCUT2D eigenvalue weighted by Crippen LogP contribution is -1.95. The van der Waals surface area contributed by atoms with Gasteiger partial charge in [0.1, 0.15) is 0 Å². The summed E-state index contributed by atoms with van der Waals surface area (Å²) in [6.07, 6.45) is 0. The van der Waals surface area contributed by atoms with E-state index >= 15 is 0 Å². The van der Waals surface area contributed by atoms with E-state index in [1.165, 1.54) is 5.56 Å². The highest BCUT2D eigenvalue weighted by Gasteiger charge is 1.95. The highest BCUT2D eigenvalue weighted by atomic mass is 15.2. The van der Waals surface area contributed by atoms with E-state index in [0.29, 0.717) is 0 Å². The van der Waals surface area contributed by atoms with Gasteiger partial charge in [0.25, 0.3) is 0 Å². The van der Waals surface area contributed by atoms with Gasteiger partial charge in [-0.15, -0.1) is 5.10 Å². The number of aryl methyl sites for hydroxylation is 2. The predicted molar refractivity (Wildman–Crippen MR) is 61.2 cm³/mol. The lowest BCUT2D eigenvalue weighted by Gasteiger charge is -2.04. The van der Waals surface area contributed by atoms with Crippen LogP contribution in [-0.4, -0.2) is 10.2 Å². The summed E-state index contributed by atoms with van der Waals surface area (Å²) in [5.74, 6) is 0.768. The summed E-state index contributed by atoms with van der Waals surface area (Å²) < 4.78 is 0. The Kier molecular flexibility index (Phi) is 2.63. The summed E-state index contributed by atoms with van der Waals surface area (Å²) in [6, 6.07) is 12.0. The average Bonchev–Trinajstić information content (AvgIpc) is 2.25. The lowest BCUT2D eigenvalue weighted by atomic mass is 10.2. The molecule has 0 aliphatic carbocycles. The molecule has 76 valence electrons. The Balaban J connectivity index is 2.15. The third-order valence-corrected chi connectivity index (χ3v) is 2.12. The van der Waals surface area contributed by atoms with Crippen molar-refractivity contribution in [2.45, 2.75) is 13.8 Å². The molecule has 0 fully saturated rings. The first-order valence-corrected chi connectivity index (χ1v) is 4.88. The van der Waals surface area contributed by atoms with Crippen molar-refractivity contribution in [1.82, 2.24) is 10.2 Å². The Bertz CT molecular complexity index is 388. The van der Waals surface area contributed by atoms with E-state index in [-0.39, 0.29) is 0 Å². The molecule has 3 heteroatoms. The summed E-state index contributed by atoms with van der Waals surface area (Å²) >= 11 is 0. The first kappa shape index (κ1) is 9.65. The summed E-state index contributed by atoms with van der Waals surface area (Å²) in [5, 5.41) is 11.2. The fourth-order valence-electron chi connectivity index (χ4n) is 1.25. The minimum absolute atomic E-state index is 0.768. The number of nitrogens with one attached hydrogen (secondary N) is 1. The van der Waals surface area contributed by atoms with Crippen LogP contribution in [0.1, 0.15) is 11.3 Å². The second-order valence-electron chi connectivity index (χ2n) is 3.55. The topological polar surface area (TPSA) is 37.8 Å². The number of hydrogen-bond acceptors (Lipinski definition) is 3. The molecule has 2 aromatic rings. The molecule has 1 aromatic heterocycles. The number of nitrogens with zero attached hydrogens (tertiary/aromatic N) is 2. The van der Waals surface area contributed by atoms with Crippen LogP contribution >= 0.6 is 0 Å². The first-order valence-electron chi connectivity index (χ1n) is 4.88. The Morgan fingerprint density at radius 1 is 0.867 bits per heavy atom. The van der Waals surface area contributed by atoms with Gasteiger partial charge in [-0.05, 0) is 38.1 Å². The fraction of sp³-hybridized carbons (Fsp3) is 0.167. The fourth-order valence-corrected chi connectivity index (χ4v) is 1.25. The zero-order valence-corrected chi connectivity index (χ0v) is 8.86. The number of benzene rings is 1. The quantitative estimate of drug-likeness (QED) is 0.808. The Morgan fingerprint density at radius 3 is 2.20 bits per heavy atom. The molecule has 0 bridgehead atoms. The Morgan fingerprint density at radius 2 is 1.60 bits per heavy atom. The van der Waals surface area contributed by atoms with E-state index in [2.05, 4.69) is 34.6 Å². The van der Waals surface area contributed by atoms with Gasteiger partial charge in [0.2, 0.25) is 0 Å². The third-order valence-electron chi connectivity index (χ3n) is 2.12. The molecule has 0 amide bonds. The molecule has 0 radical (unpaired) electrons. The molecule has 3 nitrogen and oxygen atoms in total. The minimum Gasteiger partial charge on any atom is -0.339 e. The van der Waals surface area contributed by atoms with Gasteiger partial charge in [-0.2, -0.15) is 5.10 Å². The van der Waals surface area contributed by atoms with Gasteiger partial charge in [0.05, 0.1) is 5.69 Å². The largest absolute Gasteiger partial charge is 0.339 e. The molecule has 1 aromatic carbocycles. The van der Waals surface area contributed by atoms with Crippen LogP contribution in [-0.2, 0) is 0 Å². The van der Waals surface area contributed by atoms with Gasteiger partial charge in [-0.3, -0.25) is 0 Å².